The van der Waals surface area contributed by atoms with Crippen LogP contribution in [0.25, 0.3) is 0 Å². The zero-order valence-corrected chi connectivity index (χ0v) is 13.2. The van der Waals surface area contributed by atoms with Gasteiger partial charge in [-0.25, -0.2) is 0 Å². The number of methoxy groups -OCH3 is 1. The Hall–Kier alpha value is -0.540. The van der Waals surface area contributed by atoms with Gasteiger partial charge >= 0.3 is 0 Å². The second-order valence-electron chi connectivity index (χ2n) is 6.21. The molecule has 104 valence electrons. The van der Waals surface area contributed by atoms with Crippen LogP contribution >= 0.6 is 15.9 Å². The van der Waals surface area contributed by atoms with Crippen molar-refractivity contribution in [2.75, 3.05) is 7.11 Å². The average molecular weight is 324 g/mol. The van der Waals surface area contributed by atoms with E-state index < -0.39 is 0 Å². The summed E-state index contributed by atoms with van der Waals surface area (Å²) in [5, 5.41) is 0. The van der Waals surface area contributed by atoms with Crippen LogP contribution in [-0.2, 0) is 0 Å². The monoisotopic (exact) mass is 323 g/mol. The smallest absolute Gasteiger partial charge is 0.123 e. The predicted molar refractivity (Wildman–Crippen MR) is 81.3 cm³/mol. The largest absolute Gasteiger partial charge is 0.496 e. The maximum absolute atomic E-state index is 6.58. The first-order chi connectivity index (χ1) is 9.10. The maximum Gasteiger partial charge on any atom is 0.123 e. The Labute approximate surface area is 123 Å². The third-order valence-electron chi connectivity index (χ3n) is 5.12. The highest BCUT2D eigenvalue weighted by molar-refractivity contribution is 9.10. The van der Waals surface area contributed by atoms with Gasteiger partial charge in [-0.1, -0.05) is 22.4 Å². The van der Waals surface area contributed by atoms with Gasteiger partial charge in [0.15, 0.2) is 0 Å². The molecule has 2 aliphatic rings. The van der Waals surface area contributed by atoms with Crippen molar-refractivity contribution < 1.29 is 4.74 Å². The van der Waals surface area contributed by atoms with Crippen LogP contribution in [0.3, 0.4) is 0 Å². The van der Waals surface area contributed by atoms with E-state index in [1.807, 2.05) is 0 Å². The average Bonchev–Trinajstić information content (AvgIpc) is 3.03. The molecular weight excluding hydrogens is 302 g/mol. The molecular formula is C16H22BrNO. The number of halogens is 1. The molecule has 2 aliphatic carbocycles. The molecule has 2 saturated carbocycles. The van der Waals surface area contributed by atoms with Crippen molar-refractivity contribution in [2.24, 2.45) is 23.5 Å². The summed E-state index contributed by atoms with van der Waals surface area (Å²) in [6, 6.07) is 4.36. The van der Waals surface area contributed by atoms with Crippen molar-refractivity contribution >= 4 is 15.9 Å². The summed E-state index contributed by atoms with van der Waals surface area (Å²) in [5.41, 5.74) is 8.94. The van der Waals surface area contributed by atoms with Gasteiger partial charge in [-0.2, -0.15) is 0 Å². The van der Waals surface area contributed by atoms with Gasteiger partial charge in [0.05, 0.1) is 7.11 Å². The second kappa shape index (κ2) is 5.10. The highest BCUT2D eigenvalue weighted by atomic mass is 79.9. The van der Waals surface area contributed by atoms with Gasteiger partial charge in [-0.05, 0) is 61.6 Å². The lowest BCUT2D eigenvalue weighted by Crippen LogP contribution is -2.26. The van der Waals surface area contributed by atoms with Gasteiger partial charge < -0.3 is 10.5 Å². The summed E-state index contributed by atoms with van der Waals surface area (Å²) in [5.74, 6) is 3.35. The summed E-state index contributed by atoms with van der Waals surface area (Å²) < 4.78 is 6.67. The molecule has 4 unspecified atom stereocenters. The van der Waals surface area contributed by atoms with E-state index in [0.717, 1.165) is 27.6 Å². The molecule has 1 aromatic carbocycles. The summed E-state index contributed by atoms with van der Waals surface area (Å²) >= 11 is 3.62. The van der Waals surface area contributed by atoms with Gasteiger partial charge in [0.2, 0.25) is 0 Å². The number of hydrogen-bond acceptors (Lipinski definition) is 2. The zero-order valence-electron chi connectivity index (χ0n) is 11.7. The lowest BCUT2D eigenvalue weighted by Gasteiger charge is -2.29. The Kier molecular flexibility index (Phi) is 3.61. The zero-order chi connectivity index (χ0) is 13.6. The third-order valence-corrected chi connectivity index (χ3v) is 5.98. The number of nitrogens with two attached hydrogens (primary N) is 1. The van der Waals surface area contributed by atoms with Gasteiger partial charge in [0.1, 0.15) is 5.75 Å². The molecule has 2 N–H and O–H groups in total. The van der Waals surface area contributed by atoms with Gasteiger partial charge in [-0.15, -0.1) is 0 Å². The first kappa shape index (κ1) is 13.4. The van der Waals surface area contributed by atoms with Crippen LogP contribution < -0.4 is 10.5 Å². The number of aryl methyl sites for hydroxylation is 1. The maximum atomic E-state index is 6.58. The minimum Gasteiger partial charge on any atom is -0.496 e. The molecule has 0 aromatic heterocycles. The number of hydrogen-bond donors (Lipinski definition) is 1. The number of ether oxygens (including phenoxy) is 1. The van der Waals surface area contributed by atoms with E-state index >= 15 is 0 Å². The van der Waals surface area contributed by atoms with Crippen molar-refractivity contribution in [2.45, 2.75) is 38.6 Å². The Morgan fingerprint density at radius 3 is 2.68 bits per heavy atom. The third kappa shape index (κ3) is 2.31. The lowest BCUT2D eigenvalue weighted by atomic mass is 9.80. The minimum atomic E-state index is 0.113. The van der Waals surface area contributed by atoms with Crippen LogP contribution in [0, 0.1) is 24.7 Å². The van der Waals surface area contributed by atoms with Crippen molar-refractivity contribution in [3.8, 4) is 5.75 Å². The van der Waals surface area contributed by atoms with E-state index in [4.69, 9.17) is 10.5 Å². The van der Waals surface area contributed by atoms with Gasteiger partial charge in [-0.3, -0.25) is 0 Å². The van der Waals surface area contributed by atoms with E-state index in [1.54, 1.807) is 7.11 Å². The molecule has 0 saturated heterocycles. The number of benzene rings is 1. The van der Waals surface area contributed by atoms with Crippen LogP contribution in [-0.4, -0.2) is 7.11 Å². The fraction of sp³-hybridized carbons (Fsp3) is 0.625. The summed E-state index contributed by atoms with van der Waals surface area (Å²) in [7, 11) is 1.74. The molecule has 2 bridgehead atoms. The van der Waals surface area contributed by atoms with Crippen molar-refractivity contribution in [3.63, 3.8) is 0 Å². The van der Waals surface area contributed by atoms with E-state index in [2.05, 4.69) is 35.0 Å². The van der Waals surface area contributed by atoms with E-state index in [1.165, 1.54) is 31.2 Å². The molecule has 0 amide bonds. The fourth-order valence-electron chi connectivity index (χ4n) is 4.07. The van der Waals surface area contributed by atoms with E-state index in [-0.39, 0.29) is 6.04 Å². The van der Waals surface area contributed by atoms with Crippen molar-refractivity contribution in [1.29, 1.82) is 0 Å². The summed E-state index contributed by atoms with van der Waals surface area (Å²) in [6.45, 7) is 2.08. The standard InChI is InChI=1S/C16H22BrNO/c1-9-5-15(19-2)13(8-14(9)17)16(18)12-7-10-3-4-11(12)6-10/h5,8,10-12,16H,3-4,6-7,18H2,1-2H3. The van der Waals surface area contributed by atoms with Crippen LogP contribution in [0.15, 0.2) is 16.6 Å². The molecule has 2 nitrogen and oxygen atoms in total. The van der Waals surface area contributed by atoms with Crippen LogP contribution in [0.1, 0.15) is 42.9 Å². The Bertz CT molecular complexity index is 488. The lowest BCUT2D eigenvalue weighted by molar-refractivity contribution is 0.279. The van der Waals surface area contributed by atoms with E-state index in [0.29, 0.717) is 5.92 Å². The molecule has 4 atom stereocenters. The quantitative estimate of drug-likeness (QED) is 0.904. The molecule has 3 rings (SSSR count). The van der Waals surface area contributed by atoms with Crippen LogP contribution in [0.2, 0.25) is 0 Å². The Balaban J connectivity index is 1.90. The van der Waals surface area contributed by atoms with Crippen molar-refractivity contribution in [1.82, 2.24) is 0 Å². The number of fused-ring (bicyclic) bond motifs is 2. The Morgan fingerprint density at radius 1 is 1.32 bits per heavy atom. The van der Waals surface area contributed by atoms with Gasteiger partial charge in [0, 0.05) is 16.1 Å². The molecule has 0 spiro atoms. The molecule has 3 heteroatoms. The SMILES string of the molecule is COc1cc(C)c(Br)cc1C(N)C1CC2CCC1C2. The molecule has 2 fully saturated rings. The van der Waals surface area contributed by atoms with Crippen molar-refractivity contribution in [3.05, 3.63) is 27.7 Å². The highest BCUT2D eigenvalue weighted by Gasteiger charge is 2.43. The first-order valence-corrected chi connectivity index (χ1v) is 7.99. The van der Waals surface area contributed by atoms with Gasteiger partial charge in [0.25, 0.3) is 0 Å². The predicted octanol–water partition coefficient (Wildman–Crippen LogP) is 4.20. The number of rotatable bonds is 3. The fourth-order valence-corrected chi connectivity index (χ4v) is 4.43. The Morgan fingerprint density at radius 2 is 2.11 bits per heavy atom. The molecule has 0 heterocycles. The minimum absolute atomic E-state index is 0.113. The van der Waals surface area contributed by atoms with Crippen LogP contribution in [0.4, 0.5) is 0 Å². The summed E-state index contributed by atoms with van der Waals surface area (Å²) in [4.78, 5) is 0. The summed E-state index contributed by atoms with van der Waals surface area (Å²) in [6.07, 6.45) is 5.50. The van der Waals surface area contributed by atoms with E-state index in [9.17, 15) is 0 Å². The highest BCUT2D eigenvalue weighted by Crippen LogP contribution is 2.52. The normalized spacial score (nSPS) is 30.6. The first-order valence-electron chi connectivity index (χ1n) is 7.19. The molecule has 1 aromatic rings. The molecule has 0 aliphatic heterocycles. The topological polar surface area (TPSA) is 35.2 Å². The second-order valence-corrected chi connectivity index (χ2v) is 7.06. The van der Waals surface area contributed by atoms with Crippen LogP contribution in [0.5, 0.6) is 5.75 Å². The molecule has 0 radical (unpaired) electrons. The molecule has 19 heavy (non-hydrogen) atoms.